The van der Waals surface area contributed by atoms with Crippen LogP contribution in [-0.4, -0.2) is 11.8 Å². The first-order chi connectivity index (χ1) is 8.69. The van der Waals surface area contributed by atoms with E-state index < -0.39 is 11.9 Å². The highest BCUT2D eigenvalue weighted by Gasteiger charge is 2.26. The number of benzene rings is 1. The van der Waals surface area contributed by atoms with Crippen molar-refractivity contribution in [3.63, 3.8) is 0 Å². The normalized spacial score (nSPS) is 11.9. The Morgan fingerprint density at radius 3 is 2.33 bits per heavy atom. The SMILES string of the molecule is CCCC(=O)C(CCC)C(=O)Oc1ccccc1. The Balaban J connectivity index is 2.68. The molecule has 1 atom stereocenters. The Morgan fingerprint density at radius 1 is 1.11 bits per heavy atom. The first-order valence-electron chi connectivity index (χ1n) is 6.48. The van der Waals surface area contributed by atoms with Crippen LogP contribution in [0.1, 0.15) is 39.5 Å². The molecule has 3 heteroatoms. The number of hydrogen-bond acceptors (Lipinski definition) is 3. The summed E-state index contributed by atoms with van der Waals surface area (Å²) in [7, 11) is 0. The zero-order chi connectivity index (χ0) is 13.4. The molecule has 0 aliphatic carbocycles. The van der Waals surface area contributed by atoms with E-state index in [1.165, 1.54) is 0 Å². The van der Waals surface area contributed by atoms with Gasteiger partial charge >= 0.3 is 5.97 Å². The van der Waals surface area contributed by atoms with Crippen molar-refractivity contribution in [3.8, 4) is 5.75 Å². The molecule has 0 spiro atoms. The molecule has 0 heterocycles. The van der Waals surface area contributed by atoms with E-state index in [-0.39, 0.29) is 5.78 Å². The summed E-state index contributed by atoms with van der Waals surface area (Å²) in [5.74, 6) is -0.565. The number of Topliss-reactive ketones (excluding diaryl/α,β-unsaturated/α-hetero) is 1. The van der Waals surface area contributed by atoms with Gasteiger partial charge in [-0.1, -0.05) is 38.5 Å². The summed E-state index contributed by atoms with van der Waals surface area (Å²) >= 11 is 0. The van der Waals surface area contributed by atoms with Crippen molar-refractivity contribution in [3.05, 3.63) is 30.3 Å². The molecule has 18 heavy (non-hydrogen) atoms. The fraction of sp³-hybridized carbons (Fsp3) is 0.467. The smallest absolute Gasteiger partial charge is 0.321 e. The van der Waals surface area contributed by atoms with E-state index in [4.69, 9.17) is 4.74 Å². The Hall–Kier alpha value is -1.64. The molecule has 0 radical (unpaired) electrons. The van der Waals surface area contributed by atoms with Crippen LogP contribution in [-0.2, 0) is 9.59 Å². The number of para-hydroxylation sites is 1. The predicted octanol–water partition coefficient (Wildman–Crippen LogP) is 3.38. The lowest BCUT2D eigenvalue weighted by Crippen LogP contribution is -2.28. The highest BCUT2D eigenvalue weighted by atomic mass is 16.5. The second-order valence-corrected chi connectivity index (χ2v) is 4.29. The number of carbonyl (C=O) groups is 2. The van der Waals surface area contributed by atoms with Crippen LogP contribution in [0.4, 0.5) is 0 Å². The van der Waals surface area contributed by atoms with Gasteiger partial charge < -0.3 is 4.74 Å². The molecule has 0 amide bonds. The fourth-order valence-electron chi connectivity index (χ4n) is 1.80. The summed E-state index contributed by atoms with van der Waals surface area (Å²) in [5, 5.41) is 0. The molecule has 0 aliphatic rings. The van der Waals surface area contributed by atoms with Crippen LogP contribution in [0, 0.1) is 5.92 Å². The van der Waals surface area contributed by atoms with Crippen LogP contribution in [0.25, 0.3) is 0 Å². The van der Waals surface area contributed by atoms with Crippen molar-refractivity contribution in [1.82, 2.24) is 0 Å². The van der Waals surface area contributed by atoms with Gasteiger partial charge in [0.15, 0.2) is 0 Å². The second-order valence-electron chi connectivity index (χ2n) is 4.29. The summed E-state index contributed by atoms with van der Waals surface area (Å²) in [5.41, 5.74) is 0. The van der Waals surface area contributed by atoms with Crippen molar-refractivity contribution in [2.75, 3.05) is 0 Å². The number of carbonyl (C=O) groups excluding carboxylic acids is 2. The van der Waals surface area contributed by atoms with E-state index in [2.05, 4.69) is 0 Å². The predicted molar refractivity (Wildman–Crippen MR) is 70.4 cm³/mol. The molecule has 0 saturated heterocycles. The summed E-state index contributed by atoms with van der Waals surface area (Å²) < 4.78 is 5.24. The number of hydrogen-bond donors (Lipinski definition) is 0. The second kappa shape index (κ2) is 7.64. The van der Waals surface area contributed by atoms with Crippen molar-refractivity contribution >= 4 is 11.8 Å². The molecule has 1 rings (SSSR count). The molecule has 0 fully saturated rings. The lowest BCUT2D eigenvalue weighted by Gasteiger charge is -2.13. The molecule has 0 bridgehead atoms. The highest BCUT2D eigenvalue weighted by Crippen LogP contribution is 2.16. The van der Waals surface area contributed by atoms with Gasteiger partial charge in [0.1, 0.15) is 17.5 Å². The first-order valence-corrected chi connectivity index (χ1v) is 6.48. The van der Waals surface area contributed by atoms with Crippen LogP contribution < -0.4 is 4.74 Å². The van der Waals surface area contributed by atoms with Gasteiger partial charge in [0, 0.05) is 6.42 Å². The van der Waals surface area contributed by atoms with Crippen molar-refractivity contribution in [1.29, 1.82) is 0 Å². The fourth-order valence-corrected chi connectivity index (χ4v) is 1.80. The van der Waals surface area contributed by atoms with E-state index in [1.54, 1.807) is 24.3 Å². The Bertz CT molecular complexity index is 384. The third kappa shape index (κ3) is 4.32. The van der Waals surface area contributed by atoms with Gasteiger partial charge in [0.05, 0.1) is 0 Å². The molecule has 1 aromatic carbocycles. The standard InChI is InChI=1S/C15H20O3/c1-3-8-13(14(16)9-4-2)15(17)18-12-10-6-5-7-11-12/h5-7,10-11,13H,3-4,8-9H2,1-2H3. The Labute approximate surface area is 108 Å². The molecule has 1 unspecified atom stereocenters. The molecule has 1 aromatic rings. The molecule has 0 aromatic heterocycles. The maximum atomic E-state index is 12.0. The minimum absolute atomic E-state index is 0.0136. The third-order valence-corrected chi connectivity index (χ3v) is 2.71. The topological polar surface area (TPSA) is 43.4 Å². The molecule has 0 N–H and O–H groups in total. The molecule has 98 valence electrons. The third-order valence-electron chi connectivity index (χ3n) is 2.71. The zero-order valence-corrected chi connectivity index (χ0v) is 11.0. The van der Waals surface area contributed by atoms with Gasteiger partial charge in [0.2, 0.25) is 0 Å². The number of ketones is 1. The molecule has 0 aliphatic heterocycles. The van der Waals surface area contributed by atoms with Gasteiger partial charge in [-0.3, -0.25) is 9.59 Å². The van der Waals surface area contributed by atoms with E-state index in [1.807, 2.05) is 19.9 Å². The molecule has 3 nitrogen and oxygen atoms in total. The monoisotopic (exact) mass is 248 g/mol. The first kappa shape index (κ1) is 14.4. The van der Waals surface area contributed by atoms with Gasteiger partial charge in [-0.15, -0.1) is 0 Å². The molecular weight excluding hydrogens is 228 g/mol. The minimum Gasteiger partial charge on any atom is -0.426 e. The largest absolute Gasteiger partial charge is 0.426 e. The lowest BCUT2D eigenvalue weighted by molar-refractivity contribution is -0.144. The summed E-state index contributed by atoms with van der Waals surface area (Å²) in [4.78, 5) is 23.8. The Morgan fingerprint density at radius 2 is 1.78 bits per heavy atom. The van der Waals surface area contributed by atoms with E-state index >= 15 is 0 Å². The van der Waals surface area contributed by atoms with Crippen LogP contribution in [0.15, 0.2) is 30.3 Å². The summed E-state index contributed by atoms with van der Waals surface area (Å²) in [6.07, 6.45) is 2.56. The Kier molecular flexibility index (Phi) is 6.12. The van der Waals surface area contributed by atoms with Gasteiger partial charge in [0.25, 0.3) is 0 Å². The van der Waals surface area contributed by atoms with Crippen LogP contribution in [0.5, 0.6) is 5.75 Å². The van der Waals surface area contributed by atoms with Gasteiger partial charge in [-0.25, -0.2) is 0 Å². The van der Waals surface area contributed by atoms with Crippen LogP contribution in [0.2, 0.25) is 0 Å². The van der Waals surface area contributed by atoms with E-state index in [0.29, 0.717) is 18.6 Å². The highest BCUT2D eigenvalue weighted by molar-refractivity contribution is 5.99. The van der Waals surface area contributed by atoms with Gasteiger partial charge in [-0.2, -0.15) is 0 Å². The zero-order valence-electron chi connectivity index (χ0n) is 11.0. The lowest BCUT2D eigenvalue weighted by atomic mass is 9.96. The van der Waals surface area contributed by atoms with Gasteiger partial charge in [-0.05, 0) is 25.0 Å². The number of esters is 1. The molecule has 0 saturated carbocycles. The van der Waals surface area contributed by atoms with Crippen molar-refractivity contribution in [2.24, 2.45) is 5.92 Å². The summed E-state index contributed by atoms with van der Waals surface area (Å²) in [6, 6.07) is 8.87. The van der Waals surface area contributed by atoms with E-state index in [9.17, 15) is 9.59 Å². The van der Waals surface area contributed by atoms with Crippen LogP contribution in [0.3, 0.4) is 0 Å². The van der Waals surface area contributed by atoms with Crippen molar-refractivity contribution < 1.29 is 14.3 Å². The quantitative estimate of drug-likeness (QED) is 0.422. The number of ether oxygens (including phenoxy) is 1. The molecular formula is C15H20O3. The minimum atomic E-state index is -0.616. The maximum absolute atomic E-state index is 12.0. The summed E-state index contributed by atoms with van der Waals surface area (Å²) in [6.45, 7) is 3.89. The maximum Gasteiger partial charge on any atom is 0.321 e. The van der Waals surface area contributed by atoms with Crippen LogP contribution >= 0.6 is 0 Å². The average Bonchev–Trinajstić information content (AvgIpc) is 2.37. The number of rotatable bonds is 7. The van der Waals surface area contributed by atoms with Crippen molar-refractivity contribution in [2.45, 2.75) is 39.5 Å². The van der Waals surface area contributed by atoms with E-state index in [0.717, 1.165) is 12.8 Å². The average molecular weight is 248 g/mol.